The molecule has 23 heavy (non-hydrogen) atoms. The van der Waals surface area contributed by atoms with E-state index >= 15 is 0 Å². The first kappa shape index (κ1) is 16.8. The fraction of sp³-hybridized carbons (Fsp3) is 0.267. The first-order chi connectivity index (χ1) is 10.7. The lowest BCUT2D eigenvalue weighted by Gasteiger charge is -2.16. The zero-order chi connectivity index (χ0) is 17.3. The van der Waals surface area contributed by atoms with Gasteiger partial charge in [0, 0.05) is 35.5 Å². The fourth-order valence-corrected chi connectivity index (χ4v) is 2.77. The number of rotatable bonds is 3. The molecular formula is C15H15N3O4S. The van der Waals surface area contributed by atoms with Crippen molar-refractivity contribution < 1.29 is 9.72 Å². The predicted octanol–water partition coefficient (Wildman–Crippen LogP) is 2.87. The van der Waals surface area contributed by atoms with E-state index in [9.17, 15) is 19.7 Å². The van der Waals surface area contributed by atoms with Crippen LogP contribution >= 0.6 is 12.2 Å². The van der Waals surface area contributed by atoms with Gasteiger partial charge in [0.15, 0.2) is 4.77 Å². The maximum Gasteiger partial charge on any atom is 0.269 e. The molecule has 0 unspecified atom stereocenters. The summed E-state index contributed by atoms with van der Waals surface area (Å²) in [4.78, 5) is 34.8. The van der Waals surface area contributed by atoms with Gasteiger partial charge in [-0.1, -0.05) is 0 Å². The van der Waals surface area contributed by atoms with E-state index in [0.29, 0.717) is 5.69 Å². The molecule has 1 heterocycles. The van der Waals surface area contributed by atoms with E-state index in [4.69, 9.17) is 12.2 Å². The average molecular weight is 333 g/mol. The number of nitro groups is 1. The summed E-state index contributed by atoms with van der Waals surface area (Å²) in [7, 11) is 0. The number of hydrogen-bond donors (Lipinski definition) is 0. The molecule has 0 bridgehead atoms. The number of aromatic nitrogens is 2. The van der Waals surface area contributed by atoms with Gasteiger partial charge in [-0.05, 0) is 45.1 Å². The summed E-state index contributed by atoms with van der Waals surface area (Å²) < 4.78 is 2.72. The minimum Gasteiger partial charge on any atom is -0.282 e. The number of benzene rings is 1. The van der Waals surface area contributed by atoms with E-state index in [1.54, 1.807) is 20.8 Å². The van der Waals surface area contributed by atoms with E-state index < -0.39 is 10.8 Å². The van der Waals surface area contributed by atoms with Gasteiger partial charge >= 0.3 is 0 Å². The smallest absolute Gasteiger partial charge is 0.269 e. The molecule has 7 nitrogen and oxygen atoms in total. The van der Waals surface area contributed by atoms with Gasteiger partial charge in [0.1, 0.15) is 0 Å². The maximum atomic E-state index is 12.7. The highest BCUT2D eigenvalue weighted by Gasteiger charge is 2.17. The van der Waals surface area contributed by atoms with E-state index in [1.807, 2.05) is 0 Å². The second-order valence-corrected chi connectivity index (χ2v) is 5.68. The first-order valence-electron chi connectivity index (χ1n) is 6.88. The standard InChI is InChI=1S/C15H15N3O4S/c1-9(2)16-13(19)8-10(3)17(15(16)23)14(20)11-4-6-12(7-5-11)18(21)22/h4-9H,1-3H3. The summed E-state index contributed by atoms with van der Waals surface area (Å²) in [6.45, 7) is 5.21. The van der Waals surface area contributed by atoms with E-state index in [-0.39, 0.29) is 27.6 Å². The van der Waals surface area contributed by atoms with Crippen LogP contribution in [0.15, 0.2) is 35.1 Å². The molecule has 120 valence electrons. The third-order valence-electron chi connectivity index (χ3n) is 3.36. The molecule has 0 spiro atoms. The van der Waals surface area contributed by atoms with Crippen LogP contribution in [0, 0.1) is 21.8 Å². The number of carbonyl (C=O) groups is 1. The average Bonchev–Trinajstić information content (AvgIpc) is 2.46. The van der Waals surface area contributed by atoms with Crippen LogP contribution < -0.4 is 5.56 Å². The van der Waals surface area contributed by atoms with Crippen LogP contribution in [-0.4, -0.2) is 20.0 Å². The molecule has 0 amide bonds. The van der Waals surface area contributed by atoms with Crippen LogP contribution in [0.2, 0.25) is 0 Å². The van der Waals surface area contributed by atoms with Crippen LogP contribution in [-0.2, 0) is 0 Å². The summed E-state index contributed by atoms with van der Waals surface area (Å²) in [5, 5.41) is 10.7. The molecule has 0 aliphatic heterocycles. The topological polar surface area (TPSA) is 87.1 Å². The lowest BCUT2D eigenvalue weighted by molar-refractivity contribution is -0.384. The van der Waals surface area contributed by atoms with Crippen LogP contribution in [0.1, 0.15) is 35.9 Å². The molecule has 0 aliphatic carbocycles. The van der Waals surface area contributed by atoms with E-state index in [1.165, 1.54) is 39.5 Å². The van der Waals surface area contributed by atoms with Crippen molar-refractivity contribution in [3.8, 4) is 0 Å². The lowest BCUT2D eigenvalue weighted by atomic mass is 10.2. The van der Waals surface area contributed by atoms with Gasteiger partial charge in [0.2, 0.25) is 0 Å². The Balaban J connectivity index is 2.60. The molecule has 0 aliphatic rings. The highest BCUT2D eigenvalue weighted by Crippen LogP contribution is 2.14. The Morgan fingerprint density at radius 1 is 1.26 bits per heavy atom. The highest BCUT2D eigenvalue weighted by molar-refractivity contribution is 7.71. The number of hydrogen-bond acceptors (Lipinski definition) is 5. The van der Waals surface area contributed by atoms with E-state index in [2.05, 4.69) is 0 Å². The SMILES string of the molecule is Cc1cc(=O)n(C(C)C)c(=S)n1C(=O)c1ccc([N+](=O)[O-])cc1. The number of nitro benzene ring substituents is 1. The molecule has 0 radical (unpaired) electrons. The lowest BCUT2D eigenvalue weighted by Crippen LogP contribution is -2.30. The summed E-state index contributed by atoms with van der Waals surface area (Å²) >= 11 is 5.28. The molecule has 8 heteroatoms. The monoisotopic (exact) mass is 333 g/mol. The minimum absolute atomic E-state index is 0.103. The molecule has 0 saturated carbocycles. The normalized spacial score (nSPS) is 10.8. The minimum atomic E-state index is -0.538. The van der Waals surface area contributed by atoms with Crippen molar-refractivity contribution in [1.29, 1.82) is 0 Å². The third-order valence-corrected chi connectivity index (χ3v) is 3.74. The van der Waals surface area contributed by atoms with Gasteiger partial charge in [0.25, 0.3) is 17.2 Å². The molecule has 2 aromatic rings. The number of carbonyl (C=O) groups excluding carboxylic acids is 1. The summed E-state index contributed by atoms with van der Waals surface area (Å²) in [5.41, 5.74) is 0.299. The Morgan fingerprint density at radius 2 is 1.83 bits per heavy atom. The van der Waals surface area contributed by atoms with Gasteiger partial charge in [-0.3, -0.25) is 28.8 Å². The van der Waals surface area contributed by atoms with Gasteiger partial charge in [0.05, 0.1) is 4.92 Å². The van der Waals surface area contributed by atoms with Gasteiger partial charge in [-0.2, -0.15) is 0 Å². The first-order valence-corrected chi connectivity index (χ1v) is 7.29. The maximum absolute atomic E-state index is 12.7. The van der Waals surface area contributed by atoms with Crippen LogP contribution in [0.5, 0.6) is 0 Å². The largest absolute Gasteiger partial charge is 0.282 e. The Kier molecular flexibility index (Phi) is 4.55. The quantitative estimate of drug-likeness (QED) is 0.490. The molecule has 1 aromatic carbocycles. The molecule has 1 aromatic heterocycles. The Hall–Kier alpha value is -2.61. The van der Waals surface area contributed by atoms with Crippen molar-refractivity contribution in [3.63, 3.8) is 0 Å². The van der Waals surface area contributed by atoms with Crippen LogP contribution in [0.25, 0.3) is 0 Å². The highest BCUT2D eigenvalue weighted by atomic mass is 32.1. The summed E-state index contributed by atoms with van der Waals surface area (Å²) in [6, 6.07) is 6.40. The van der Waals surface area contributed by atoms with Crippen molar-refractivity contribution in [3.05, 3.63) is 66.8 Å². The predicted molar refractivity (Wildman–Crippen MR) is 87.5 cm³/mol. The number of non-ortho nitro benzene ring substituents is 1. The van der Waals surface area contributed by atoms with Crippen LogP contribution in [0.4, 0.5) is 5.69 Å². The number of nitrogens with zero attached hydrogens (tertiary/aromatic N) is 3. The zero-order valence-electron chi connectivity index (χ0n) is 12.8. The molecule has 0 N–H and O–H groups in total. The van der Waals surface area contributed by atoms with Crippen molar-refractivity contribution in [2.45, 2.75) is 26.8 Å². The second-order valence-electron chi connectivity index (χ2n) is 5.31. The van der Waals surface area contributed by atoms with Crippen molar-refractivity contribution in [2.24, 2.45) is 0 Å². The summed E-state index contributed by atoms with van der Waals surface area (Å²) in [6.07, 6.45) is 0. The van der Waals surface area contributed by atoms with Crippen LogP contribution in [0.3, 0.4) is 0 Å². The number of aryl methyl sites for hydroxylation is 1. The molecule has 0 atom stereocenters. The molecular weight excluding hydrogens is 318 g/mol. The fourth-order valence-electron chi connectivity index (χ4n) is 2.24. The van der Waals surface area contributed by atoms with E-state index in [0.717, 1.165) is 0 Å². The summed E-state index contributed by atoms with van der Waals surface area (Å²) in [5.74, 6) is -0.434. The molecule has 0 fully saturated rings. The Morgan fingerprint density at radius 3 is 2.30 bits per heavy atom. The third kappa shape index (κ3) is 3.11. The van der Waals surface area contributed by atoms with Gasteiger partial charge in [-0.15, -0.1) is 0 Å². The second kappa shape index (κ2) is 6.25. The zero-order valence-corrected chi connectivity index (χ0v) is 13.7. The van der Waals surface area contributed by atoms with Crippen molar-refractivity contribution in [2.75, 3.05) is 0 Å². The van der Waals surface area contributed by atoms with Crippen molar-refractivity contribution >= 4 is 23.8 Å². The molecule has 2 rings (SSSR count). The molecule has 0 saturated heterocycles. The van der Waals surface area contributed by atoms with Gasteiger partial charge in [-0.25, -0.2) is 0 Å². The van der Waals surface area contributed by atoms with Crippen molar-refractivity contribution in [1.82, 2.24) is 9.13 Å². The van der Waals surface area contributed by atoms with Gasteiger partial charge < -0.3 is 0 Å². The Labute approximate surface area is 137 Å². The Bertz CT molecular complexity index is 894.